The van der Waals surface area contributed by atoms with E-state index in [1.54, 1.807) is 7.11 Å². The Morgan fingerprint density at radius 1 is 1.13 bits per heavy atom. The molecule has 0 saturated heterocycles. The van der Waals surface area contributed by atoms with Crippen molar-refractivity contribution in [2.75, 3.05) is 12.8 Å². The topological polar surface area (TPSA) is 78.8 Å². The van der Waals surface area contributed by atoms with Crippen LogP contribution in [0.25, 0.3) is 11.0 Å². The molecule has 3 aromatic rings. The lowest BCUT2D eigenvalue weighted by molar-refractivity contribution is 0.415. The Kier molecular flexibility index (Phi) is 3.85. The molecule has 23 heavy (non-hydrogen) atoms. The molecule has 0 atom stereocenters. The third-order valence-electron chi connectivity index (χ3n) is 3.42. The van der Waals surface area contributed by atoms with Crippen molar-refractivity contribution in [3.63, 3.8) is 0 Å². The predicted octanol–water partition coefficient (Wildman–Crippen LogP) is 2.40. The van der Waals surface area contributed by atoms with Gasteiger partial charge < -0.3 is 10.5 Å². The summed E-state index contributed by atoms with van der Waals surface area (Å²) in [5.74, 6) is 7.35. The smallest absolute Gasteiger partial charge is 0.164 e. The average molecular weight is 307 g/mol. The van der Waals surface area contributed by atoms with Crippen LogP contribution in [0.5, 0.6) is 5.75 Å². The van der Waals surface area contributed by atoms with E-state index < -0.39 is 0 Å². The molecule has 0 saturated carbocycles. The van der Waals surface area contributed by atoms with E-state index >= 15 is 0 Å². The van der Waals surface area contributed by atoms with Crippen molar-refractivity contribution in [1.29, 1.82) is 0 Å². The molecule has 0 radical (unpaired) electrons. The summed E-state index contributed by atoms with van der Waals surface area (Å²) in [6.45, 7) is 4.07. The number of anilines is 1. The molecular weight excluding hydrogens is 290 g/mol. The van der Waals surface area contributed by atoms with E-state index in [0.29, 0.717) is 22.5 Å². The molecule has 0 aliphatic heterocycles. The standard InChI is InChI=1S/C17H17N5O/c1-11(2)22-17-15(16(18)19-10-20-17)14(21-22)9-6-12-4-7-13(23-3)8-5-12/h4-5,7-8,10-11H,1-3H3,(H2,18,19,20). The van der Waals surface area contributed by atoms with E-state index in [9.17, 15) is 0 Å². The fourth-order valence-electron chi connectivity index (χ4n) is 2.25. The van der Waals surface area contributed by atoms with Crippen molar-refractivity contribution in [2.24, 2.45) is 0 Å². The first-order chi connectivity index (χ1) is 11.1. The largest absolute Gasteiger partial charge is 0.497 e. The van der Waals surface area contributed by atoms with Crippen LogP contribution in [0, 0.1) is 11.8 Å². The monoisotopic (exact) mass is 307 g/mol. The summed E-state index contributed by atoms with van der Waals surface area (Å²) in [6.07, 6.45) is 1.44. The molecule has 116 valence electrons. The second-order valence-corrected chi connectivity index (χ2v) is 5.32. The van der Waals surface area contributed by atoms with Crippen LogP contribution in [-0.4, -0.2) is 26.9 Å². The van der Waals surface area contributed by atoms with Crippen LogP contribution in [-0.2, 0) is 0 Å². The Morgan fingerprint density at radius 3 is 2.52 bits per heavy atom. The van der Waals surface area contributed by atoms with E-state index in [0.717, 1.165) is 11.3 Å². The molecule has 1 aromatic carbocycles. The van der Waals surface area contributed by atoms with E-state index in [1.165, 1.54) is 6.33 Å². The summed E-state index contributed by atoms with van der Waals surface area (Å²) >= 11 is 0. The van der Waals surface area contributed by atoms with Gasteiger partial charge >= 0.3 is 0 Å². The lowest BCUT2D eigenvalue weighted by atomic mass is 10.2. The second kappa shape index (κ2) is 5.97. The maximum atomic E-state index is 5.99. The number of rotatable bonds is 2. The first-order valence-corrected chi connectivity index (χ1v) is 7.25. The van der Waals surface area contributed by atoms with Crippen LogP contribution in [0.1, 0.15) is 31.1 Å². The summed E-state index contributed by atoms with van der Waals surface area (Å²) in [5, 5.41) is 5.23. The molecular formula is C17H17N5O. The van der Waals surface area contributed by atoms with Crippen LogP contribution in [0.2, 0.25) is 0 Å². The summed E-state index contributed by atoms with van der Waals surface area (Å²) in [4.78, 5) is 8.33. The number of methoxy groups -OCH3 is 1. The van der Waals surface area contributed by atoms with Crippen molar-refractivity contribution in [3.05, 3.63) is 41.9 Å². The number of hydrogen-bond donors (Lipinski definition) is 1. The van der Waals surface area contributed by atoms with Crippen molar-refractivity contribution < 1.29 is 4.74 Å². The number of nitrogen functional groups attached to an aromatic ring is 1. The molecule has 0 bridgehead atoms. The van der Waals surface area contributed by atoms with Crippen molar-refractivity contribution in [1.82, 2.24) is 19.7 Å². The molecule has 0 unspecified atom stereocenters. The van der Waals surface area contributed by atoms with Crippen LogP contribution in [0.3, 0.4) is 0 Å². The molecule has 6 heteroatoms. The second-order valence-electron chi connectivity index (χ2n) is 5.32. The van der Waals surface area contributed by atoms with E-state index in [4.69, 9.17) is 10.5 Å². The normalized spacial score (nSPS) is 10.6. The summed E-state index contributed by atoms with van der Waals surface area (Å²) in [6, 6.07) is 7.68. The maximum absolute atomic E-state index is 5.99. The third-order valence-corrected chi connectivity index (χ3v) is 3.42. The molecule has 0 spiro atoms. The van der Waals surface area contributed by atoms with E-state index in [-0.39, 0.29) is 6.04 Å². The van der Waals surface area contributed by atoms with Crippen LogP contribution in [0.15, 0.2) is 30.6 Å². The minimum Gasteiger partial charge on any atom is -0.497 e. The number of nitrogens with two attached hydrogens (primary N) is 1. The minimum absolute atomic E-state index is 0.156. The third kappa shape index (κ3) is 2.81. The van der Waals surface area contributed by atoms with Gasteiger partial charge in [0.15, 0.2) is 5.65 Å². The lowest BCUT2D eigenvalue weighted by Crippen LogP contribution is -2.04. The van der Waals surface area contributed by atoms with Crippen LogP contribution in [0.4, 0.5) is 5.82 Å². The summed E-state index contributed by atoms with van der Waals surface area (Å²) < 4.78 is 6.95. The highest BCUT2D eigenvalue weighted by molar-refractivity contribution is 5.90. The molecule has 3 rings (SSSR count). The van der Waals surface area contributed by atoms with Crippen LogP contribution < -0.4 is 10.5 Å². The molecule has 2 aromatic heterocycles. The first-order valence-electron chi connectivity index (χ1n) is 7.25. The average Bonchev–Trinajstić information content (AvgIpc) is 2.94. The van der Waals surface area contributed by atoms with Gasteiger partial charge in [0.2, 0.25) is 0 Å². The summed E-state index contributed by atoms with van der Waals surface area (Å²) in [7, 11) is 1.63. The molecule has 0 aliphatic carbocycles. The van der Waals surface area contributed by atoms with E-state index in [1.807, 2.05) is 42.8 Å². The van der Waals surface area contributed by atoms with Gasteiger partial charge in [-0.2, -0.15) is 5.10 Å². The van der Waals surface area contributed by atoms with Gasteiger partial charge in [-0.05, 0) is 44.0 Å². The zero-order valence-corrected chi connectivity index (χ0v) is 13.2. The highest BCUT2D eigenvalue weighted by Crippen LogP contribution is 2.23. The summed E-state index contributed by atoms with van der Waals surface area (Å²) in [5.41, 5.74) is 8.14. The van der Waals surface area contributed by atoms with Gasteiger partial charge in [0, 0.05) is 11.6 Å². The molecule has 2 N–H and O–H groups in total. The SMILES string of the molecule is COc1ccc(C#Cc2nn(C(C)C)c3ncnc(N)c23)cc1. The maximum Gasteiger partial charge on any atom is 0.164 e. The van der Waals surface area contributed by atoms with Crippen molar-refractivity contribution in [2.45, 2.75) is 19.9 Å². The number of aromatic nitrogens is 4. The first kappa shape index (κ1) is 14.9. The Hall–Kier alpha value is -3.07. The Balaban J connectivity index is 2.08. The van der Waals surface area contributed by atoms with Gasteiger partial charge in [0.1, 0.15) is 23.6 Å². The minimum atomic E-state index is 0.156. The van der Waals surface area contributed by atoms with Gasteiger partial charge in [0.05, 0.1) is 12.5 Å². The number of ether oxygens (including phenoxy) is 1. The number of nitrogens with zero attached hydrogens (tertiary/aromatic N) is 4. The fourth-order valence-corrected chi connectivity index (χ4v) is 2.25. The molecule has 0 fully saturated rings. The number of benzene rings is 1. The molecule has 0 aliphatic rings. The van der Waals surface area contributed by atoms with Crippen LogP contribution >= 0.6 is 0 Å². The zero-order valence-electron chi connectivity index (χ0n) is 13.2. The van der Waals surface area contributed by atoms with Gasteiger partial charge in [0.25, 0.3) is 0 Å². The van der Waals surface area contributed by atoms with E-state index in [2.05, 4.69) is 26.9 Å². The molecule has 6 nitrogen and oxygen atoms in total. The van der Waals surface area contributed by atoms with Crippen molar-refractivity contribution >= 4 is 16.9 Å². The number of fused-ring (bicyclic) bond motifs is 1. The Labute approximate surface area is 134 Å². The van der Waals surface area contributed by atoms with Gasteiger partial charge in [-0.15, -0.1) is 0 Å². The van der Waals surface area contributed by atoms with Crippen molar-refractivity contribution in [3.8, 4) is 17.6 Å². The van der Waals surface area contributed by atoms with Gasteiger partial charge in [-0.1, -0.05) is 5.92 Å². The zero-order chi connectivity index (χ0) is 16.4. The van der Waals surface area contributed by atoms with Gasteiger partial charge in [-0.3, -0.25) is 0 Å². The van der Waals surface area contributed by atoms with Gasteiger partial charge in [-0.25, -0.2) is 14.6 Å². The number of hydrogen-bond acceptors (Lipinski definition) is 5. The molecule has 0 amide bonds. The highest BCUT2D eigenvalue weighted by atomic mass is 16.5. The highest BCUT2D eigenvalue weighted by Gasteiger charge is 2.15. The Bertz CT molecular complexity index is 900. The predicted molar refractivity (Wildman–Crippen MR) is 89.1 cm³/mol. The fraction of sp³-hybridized carbons (Fsp3) is 0.235. The quantitative estimate of drug-likeness (QED) is 0.735. The lowest BCUT2D eigenvalue weighted by Gasteiger charge is -2.05. The Morgan fingerprint density at radius 2 is 1.87 bits per heavy atom. The molecule has 2 heterocycles.